The van der Waals surface area contributed by atoms with Crippen LogP contribution in [-0.2, 0) is 14.3 Å². The van der Waals surface area contributed by atoms with E-state index < -0.39 is 11.6 Å². The van der Waals surface area contributed by atoms with Crippen LogP contribution in [0.1, 0.15) is 46.5 Å². The van der Waals surface area contributed by atoms with E-state index in [1.54, 1.807) is 7.11 Å². The van der Waals surface area contributed by atoms with Crippen LogP contribution in [-0.4, -0.2) is 61.2 Å². The summed E-state index contributed by atoms with van der Waals surface area (Å²) < 4.78 is 13.2. The van der Waals surface area contributed by atoms with Gasteiger partial charge in [0.1, 0.15) is 0 Å². The molecule has 0 spiro atoms. The third kappa shape index (κ3) is 3.38. The van der Waals surface area contributed by atoms with Gasteiger partial charge < -0.3 is 0 Å². The number of hydrogen-bond donors (Lipinski definition) is 0. The normalized spacial score (nSPS) is 34.7. The van der Waals surface area contributed by atoms with Crippen molar-refractivity contribution in [1.29, 1.82) is 0 Å². The van der Waals surface area contributed by atoms with Gasteiger partial charge in [0.2, 0.25) is 0 Å². The van der Waals surface area contributed by atoms with Crippen LogP contribution in [0, 0.1) is 16.7 Å². The molecule has 5 atom stereocenters. The summed E-state index contributed by atoms with van der Waals surface area (Å²) in [6, 6.07) is 10.2. The molecule has 5 nitrogen and oxygen atoms in total. The molecule has 1 aromatic rings. The molecule has 0 unspecified atom stereocenters. The fourth-order valence-corrected chi connectivity index (χ4v) is 9.92. The van der Waals surface area contributed by atoms with Crippen molar-refractivity contribution in [2.45, 2.75) is 62.9 Å². The summed E-state index contributed by atoms with van der Waals surface area (Å²) in [6.45, 7) is 7.13. The van der Waals surface area contributed by atoms with Crippen LogP contribution in [0.2, 0.25) is 0 Å². The predicted octanol–water partition coefficient (Wildman–Crippen LogP) is 3.63. The van der Waals surface area contributed by atoms with Gasteiger partial charge in [-0.25, -0.2) is 0 Å². The molecule has 164 valence electrons. The number of imide groups is 1. The summed E-state index contributed by atoms with van der Waals surface area (Å²) in [6.07, 6.45) is 3.00. The van der Waals surface area contributed by atoms with E-state index in [0.717, 1.165) is 25.7 Å². The van der Waals surface area contributed by atoms with Crippen LogP contribution in [0.25, 0.3) is 0 Å². The molecule has 2 saturated carbocycles. The van der Waals surface area contributed by atoms with E-state index >= 15 is 0 Å². The number of rotatable bonds is 7. The van der Waals surface area contributed by atoms with Crippen LogP contribution in [0.4, 0.5) is 4.79 Å². The number of fused-ring (bicyclic) bond motifs is 2. The van der Waals surface area contributed by atoms with Crippen LogP contribution in [0.3, 0.4) is 0 Å². The van der Waals surface area contributed by atoms with Crippen molar-refractivity contribution < 1.29 is 19.1 Å². The molecule has 1 saturated heterocycles. The van der Waals surface area contributed by atoms with Crippen molar-refractivity contribution in [3.05, 3.63) is 30.3 Å². The molecular formula is C23H31NO4SSe. The fraction of sp³-hybridized carbons (Fsp3) is 0.652. The molecule has 7 heteroatoms. The van der Waals surface area contributed by atoms with Gasteiger partial charge in [0.25, 0.3) is 0 Å². The Morgan fingerprint density at radius 3 is 2.67 bits per heavy atom. The Morgan fingerprint density at radius 2 is 2.03 bits per heavy atom. The van der Waals surface area contributed by atoms with E-state index in [-0.39, 0.29) is 41.8 Å². The number of carbonyl (C=O) groups excluding carboxylic acids is 2. The molecule has 2 amide bonds. The monoisotopic (exact) mass is 497 g/mol. The Bertz CT molecular complexity index is 804. The Balaban J connectivity index is 1.63. The molecule has 2 aliphatic carbocycles. The van der Waals surface area contributed by atoms with Crippen molar-refractivity contribution in [3.63, 3.8) is 0 Å². The minimum atomic E-state index is -0.644. The van der Waals surface area contributed by atoms with Crippen molar-refractivity contribution >= 4 is 42.3 Å². The molecule has 1 aliphatic heterocycles. The SMILES string of the molecule is CCCO[C@@H]1C[C@H]2CC[C@]1(C(=O)N1C(=O)S[C@H]([Se]c3ccccc3)[C@H]1OC)C2(C)C. The summed E-state index contributed by atoms with van der Waals surface area (Å²) in [4.78, 5) is 28.7. The first kappa shape index (κ1) is 22.3. The summed E-state index contributed by atoms with van der Waals surface area (Å²) in [5.74, 6) is 0.378. The van der Waals surface area contributed by atoms with Gasteiger partial charge in [-0.2, -0.15) is 0 Å². The fourth-order valence-electron chi connectivity index (χ4n) is 5.67. The first-order valence-corrected chi connectivity index (χ1v) is 13.5. The second-order valence-electron chi connectivity index (χ2n) is 9.01. The quantitative estimate of drug-likeness (QED) is 0.540. The molecule has 1 heterocycles. The van der Waals surface area contributed by atoms with E-state index in [4.69, 9.17) is 9.47 Å². The molecule has 0 N–H and O–H groups in total. The minimum absolute atomic E-state index is 0.0243. The second-order valence-corrected chi connectivity index (χ2v) is 13.3. The zero-order valence-corrected chi connectivity index (χ0v) is 20.7. The van der Waals surface area contributed by atoms with E-state index in [0.29, 0.717) is 12.5 Å². The number of ether oxygens (including phenoxy) is 2. The van der Waals surface area contributed by atoms with Crippen molar-refractivity contribution in [2.75, 3.05) is 13.7 Å². The van der Waals surface area contributed by atoms with Crippen LogP contribution < -0.4 is 4.46 Å². The molecule has 1 aromatic carbocycles. The molecule has 2 bridgehead atoms. The summed E-state index contributed by atoms with van der Waals surface area (Å²) >= 11 is 1.28. The zero-order chi connectivity index (χ0) is 21.5. The van der Waals surface area contributed by atoms with E-state index in [2.05, 4.69) is 32.9 Å². The van der Waals surface area contributed by atoms with Gasteiger partial charge in [0, 0.05) is 0 Å². The van der Waals surface area contributed by atoms with Crippen molar-refractivity contribution in [1.82, 2.24) is 4.90 Å². The molecule has 4 rings (SSSR count). The van der Waals surface area contributed by atoms with Crippen LogP contribution in [0.15, 0.2) is 30.3 Å². The number of amides is 2. The Hall–Kier alpha value is -0.851. The van der Waals surface area contributed by atoms with Gasteiger partial charge in [0.15, 0.2) is 0 Å². The van der Waals surface area contributed by atoms with Gasteiger partial charge in [-0.3, -0.25) is 0 Å². The summed E-state index contributed by atoms with van der Waals surface area (Å²) in [5.41, 5.74) is -0.830. The molecule has 3 fully saturated rings. The zero-order valence-electron chi connectivity index (χ0n) is 18.1. The molecule has 0 aromatic heterocycles. The van der Waals surface area contributed by atoms with Gasteiger partial charge >= 0.3 is 190 Å². The topological polar surface area (TPSA) is 55.8 Å². The average molecular weight is 497 g/mol. The van der Waals surface area contributed by atoms with Gasteiger partial charge in [-0.15, -0.1) is 0 Å². The number of hydrogen-bond acceptors (Lipinski definition) is 5. The second kappa shape index (κ2) is 8.59. The van der Waals surface area contributed by atoms with Gasteiger partial charge in [0.05, 0.1) is 0 Å². The summed E-state index contributed by atoms with van der Waals surface area (Å²) in [7, 11) is 1.61. The Labute approximate surface area is 189 Å². The third-order valence-electron chi connectivity index (χ3n) is 7.37. The molecule has 30 heavy (non-hydrogen) atoms. The standard InChI is InChI=1S/C23H31NO4SSe/c1-5-13-28-17-14-15-11-12-23(17,22(15,2)3)20(25)24-18(27-4)19(29-21(24)26)30-16-9-7-6-8-10-16/h6-10,15,17-19H,5,11-14H2,1-4H3/t15-,17-,18-,19-,23+/m1/s1. The van der Waals surface area contributed by atoms with Crippen LogP contribution in [0.5, 0.6) is 0 Å². The maximum atomic E-state index is 14.1. The number of nitrogens with zero attached hydrogens (tertiary/aromatic N) is 1. The Kier molecular flexibility index (Phi) is 6.40. The van der Waals surface area contributed by atoms with E-state index in [1.807, 2.05) is 18.2 Å². The number of methoxy groups -OCH3 is 1. The number of benzene rings is 1. The van der Waals surface area contributed by atoms with Crippen molar-refractivity contribution in [3.8, 4) is 0 Å². The number of carbonyl (C=O) groups is 2. The molecule has 0 radical (unpaired) electrons. The number of thioether (sulfide) groups is 1. The first-order chi connectivity index (χ1) is 14.4. The maximum absolute atomic E-state index is 14.1. The summed E-state index contributed by atoms with van der Waals surface area (Å²) in [5, 5.41) is -0.176. The van der Waals surface area contributed by atoms with Crippen molar-refractivity contribution in [2.24, 2.45) is 16.7 Å². The third-order valence-corrected chi connectivity index (χ3v) is 11.5. The predicted molar refractivity (Wildman–Crippen MR) is 120 cm³/mol. The van der Waals surface area contributed by atoms with E-state index in [1.165, 1.54) is 21.1 Å². The van der Waals surface area contributed by atoms with Gasteiger partial charge in [-0.05, 0) is 0 Å². The Morgan fingerprint density at radius 1 is 1.30 bits per heavy atom. The molecule has 3 aliphatic rings. The van der Waals surface area contributed by atoms with E-state index in [9.17, 15) is 9.59 Å². The molecular weight excluding hydrogens is 465 g/mol. The van der Waals surface area contributed by atoms with Crippen LogP contribution >= 0.6 is 11.8 Å². The average Bonchev–Trinajstić information content (AvgIpc) is 3.27. The van der Waals surface area contributed by atoms with Gasteiger partial charge in [-0.1, -0.05) is 0 Å². The first-order valence-electron chi connectivity index (χ1n) is 10.8.